The second-order valence-electron chi connectivity index (χ2n) is 7.26. The maximum absolute atomic E-state index is 13.1. The second kappa shape index (κ2) is 8.69. The topological polar surface area (TPSA) is 106 Å². The fourth-order valence-corrected chi connectivity index (χ4v) is 5.43. The van der Waals surface area contributed by atoms with Crippen LogP contribution in [0.1, 0.15) is 5.56 Å². The smallest absolute Gasteiger partial charge is 0.328 e. The van der Waals surface area contributed by atoms with Crippen LogP contribution in [0.4, 0.5) is 5.69 Å². The van der Waals surface area contributed by atoms with Crippen molar-refractivity contribution in [2.45, 2.75) is 14.7 Å². The molecule has 1 heterocycles. The Bertz CT molecular complexity index is 1550. The molecule has 0 amide bonds. The van der Waals surface area contributed by atoms with E-state index in [0.717, 1.165) is 4.90 Å². The van der Waals surface area contributed by atoms with Crippen LogP contribution < -0.4 is 15.1 Å². The number of anilines is 1. The lowest BCUT2D eigenvalue weighted by Gasteiger charge is -2.14. The number of fused-ring (bicyclic) bond motifs is 1. The monoisotopic (exact) mass is 480 g/mol. The third-order valence-corrected chi connectivity index (χ3v) is 7.65. The molecular weight excluding hydrogens is 460 g/mol. The molecule has 0 aliphatic rings. The minimum Gasteiger partial charge on any atom is -0.497 e. The molecule has 0 fully saturated rings. The lowest BCUT2D eigenvalue weighted by molar-refractivity contribution is 0.414. The van der Waals surface area contributed by atoms with Crippen LogP contribution in [0.5, 0.6) is 5.75 Å². The van der Waals surface area contributed by atoms with Gasteiger partial charge < -0.3 is 4.74 Å². The van der Waals surface area contributed by atoms with Crippen molar-refractivity contribution in [1.82, 2.24) is 9.13 Å². The van der Waals surface area contributed by atoms with E-state index in [9.17, 15) is 13.2 Å². The van der Waals surface area contributed by atoms with Crippen LogP contribution in [0, 0.1) is 11.3 Å². The summed E-state index contributed by atoms with van der Waals surface area (Å²) in [5, 5.41) is 8.97. The third-order valence-electron chi connectivity index (χ3n) is 5.20. The van der Waals surface area contributed by atoms with Crippen molar-refractivity contribution < 1.29 is 13.2 Å². The Morgan fingerprint density at radius 1 is 0.970 bits per heavy atom. The van der Waals surface area contributed by atoms with Gasteiger partial charge in [-0.1, -0.05) is 11.8 Å². The Morgan fingerprint density at radius 2 is 1.58 bits per heavy atom. The number of nitrogens with one attached hydrogen (secondary N) is 1. The first-order valence-corrected chi connectivity index (χ1v) is 12.1. The summed E-state index contributed by atoms with van der Waals surface area (Å²) in [6.07, 6.45) is 0. The molecule has 0 aliphatic carbocycles. The highest BCUT2D eigenvalue weighted by Crippen LogP contribution is 2.37. The Morgan fingerprint density at radius 3 is 2.15 bits per heavy atom. The number of imidazole rings is 1. The number of rotatable bonds is 6. The maximum atomic E-state index is 13.1. The van der Waals surface area contributed by atoms with E-state index in [2.05, 4.69) is 4.72 Å². The molecule has 4 rings (SSSR count). The van der Waals surface area contributed by atoms with Gasteiger partial charge in [0.2, 0.25) is 0 Å². The van der Waals surface area contributed by atoms with E-state index >= 15 is 0 Å². The number of aryl methyl sites for hydroxylation is 2. The SMILES string of the molecule is COc1ccc(Sc2cc3c(cc2NS(=O)(=O)c2ccc(C#N)cc2)n(C)c(=O)n3C)cc1. The number of hydrogen-bond donors (Lipinski definition) is 1. The zero-order valence-corrected chi connectivity index (χ0v) is 19.7. The number of hydrogen-bond acceptors (Lipinski definition) is 6. The minimum atomic E-state index is -3.94. The van der Waals surface area contributed by atoms with E-state index in [0.29, 0.717) is 32.9 Å². The van der Waals surface area contributed by atoms with E-state index in [-0.39, 0.29) is 10.6 Å². The quantitative estimate of drug-likeness (QED) is 0.451. The standard InChI is InChI=1S/C23H20N4O4S2/c1-26-20-12-19(25-33(29,30)18-10-4-15(14-24)5-11-18)22(13-21(20)27(2)23(26)28)32-17-8-6-16(31-3)7-9-17/h4-13,25H,1-3H3. The number of sulfonamides is 1. The average Bonchev–Trinajstić information content (AvgIpc) is 3.03. The zero-order chi connectivity index (χ0) is 23.8. The van der Waals surface area contributed by atoms with Crippen LogP contribution in [-0.2, 0) is 24.1 Å². The van der Waals surface area contributed by atoms with Gasteiger partial charge in [0.25, 0.3) is 10.0 Å². The predicted octanol–water partition coefficient (Wildman–Crippen LogP) is 3.71. The molecule has 0 unspecified atom stereocenters. The normalized spacial score (nSPS) is 11.3. The molecule has 0 bridgehead atoms. The van der Waals surface area contributed by atoms with Gasteiger partial charge in [-0.3, -0.25) is 13.9 Å². The highest BCUT2D eigenvalue weighted by Gasteiger charge is 2.20. The molecule has 0 atom stereocenters. The Hall–Kier alpha value is -3.68. The number of nitriles is 1. The van der Waals surface area contributed by atoms with Gasteiger partial charge in [-0.25, -0.2) is 13.2 Å². The van der Waals surface area contributed by atoms with Gasteiger partial charge in [0, 0.05) is 23.9 Å². The first-order valence-electron chi connectivity index (χ1n) is 9.78. The van der Waals surface area contributed by atoms with Crippen molar-refractivity contribution in [1.29, 1.82) is 5.26 Å². The fraction of sp³-hybridized carbons (Fsp3) is 0.130. The first kappa shape index (κ1) is 22.5. The molecule has 0 saturated carbocycles. The van der Waals surface area contributed by atoms with Gasteiger partial charge in [-0.15, -0.1) is 0 Å². The van der Waals surface area contributed by atoms with E-state index in [1.165, 1.54) is 45.2 Å². The molecule has 0 saturated heterocycles. The number of nitrogens with zero attached hydrogens (tertiary/aromatic N) is 3. The molecule has 168 valence electrons. The number of aromatic nitrogens is 2. The van der Waals surface area contributed by atoms with Crippen LogP contribution in [-0.4, -0.2) is 24.7 Å². The first-order chi connectivity index (χ1) is 15.7. The summed E-state index contributed by atoms with van der Waals surface area (Å²) in [6, 6.07) is 18.5. The number of benzene rings is 3. The van der Waals surface area contributed by atoms with Crippen LogP contribution in [0.3, 0.4) is 0 Å². The largest absolute Gasteiger partial charge is 0.497 e. The summed E-state index contributed by atoms with van der Waals surface area (Å²) in [4.78, 5) is 14.0. The average molecular weight is 481 g/mol. The summed E-state index contributed by atoms with van der Waals surface area (Å²) >= 11 is 1.36. The zero-order valence-electron chi connectivity index (χ0n) is 18.1. The van der Waals surface area contributed by atoms with Gasteiger partial charge >= 0.3 is 5.69 Å². The molecule has 0 radical (unpaired) electrons. The van der Waals surface area contributed by atoms with Crippen LogP contribution in [0.25, 0.3) is 11.0 Å². The van der Waals surface area contributed by atoms with Crippen molar-refractivity contribution in [3.63, 3.8) is 0 Å². The molecule has 0 aliphatic heterocycles. The van der Waals surface area contributed by atoms with Gasteiger partial charge in [0.1, 0.15) is 5.75 Å². The number of methoxy groups -OCH3 is 1. The van der Waals surface area contributed by atoms with Crippen LogP contribution in [0.15, 0.2) is 80.1 Å². The van der Waals surface area contributed by atoms with Crippen LogP contribution >= 0.6 is 11.8 Å². The van der Waals surface area contributed by atoms with E-state index in [1.54, 1.807) is 33.3 Å². The molecule has 33 heavy (non-hydrogen) atoms. The molecule has 1 N–H and O–H groups in total. The van der Waals surface area contributed by atoms with Crippen molar-refractivity contribution in [2.24, 2.45) is 14.1 Å². The lowest BCUT2D eigenvalue weighted by Crippen LogP contribution is -2.19. The fourth-order valence-electron chi connectivity index (χ4n) is 3.37. The lowest BCUT2D eigenvalue weighted by atomic mass is 10.2. The molecule has 10 heteroatoms. The van der Waals surface area contributed by atoms with E-state index < -0.39 is 10.0 Å². The molecule has 4 aromatic rings. The molecule has 0 spiro atoms. The van der Waals surface area contributed by atoms with Gasteiger partial charge in [-0.05, 0) is 60.7 Å². The summed E-state index contributed by atoms with van der Waals surface area (Å²) < 4.78 is 37.0. The third kappa shape index (κ3) is 4.33. The summed E-state index contributed by atoms with van der Waals surface area (Å²) in [5.74, 6) is 0.710. The molecular formula is C23H20N4O4S2. The minimum absolute atomic E-state index is 0.0314. The van der Waals surface area contributed by atoms with Crippen molar-refractivity contribution in [2.75, 3.05) is 11.8 Å². The molecule has 3 aromatic carbocycles. The number of ether oxygens (including phenoxy) is 1. The summed E-state index contributed by atoms with van der Waals surface area (Å²) in [5.41, 5.74) is 1.77. The van der Waals surface area contributed by atoms with Crippen LogP contribution in [0.2, 0.25) is 0 Å². The molecule has 8 nitrogen and oxygen atoms in total. The summed E-state index contributed by atoms with van der Waals surface area (Å²) in [6.45, 7) is 0. The highest BCUT2D eigenvalue weighted by molar-refractivity contribution is 7.99. The summed E-state index contributed by atoms with van der Waals surface area (Å²) in [7, 11) is 0.962. The van der Waals surface area contributed by atoms with Gasteiger partial charge in [0.15, 0.2) is 0 Å². The van der Waals surface area contributed by atoms with E-state index in [4.69, 9.17) is 10.00 Å². The van der Waals surface area contributed by atoms with Crippen molar-refractivity contribution in [3.05, 3.63) is 76.7 Å². The van der Waals surface area contributed by atoms with Crippen molar-refractivity contribution in [3.8, 4) is 11.8 Å². The Balaban J connectivity index is 1.81. The Labute approximate surface area is 195 Å². The maximum Gasteiger partial charge on any atom is 0.328 e. The van der Waals surface area contributed by atoms with Gasteiger partial charge in [0.05, 0.1) is 40.4 Å². The highest BCUT2D eigenvalue weighted by atomic mass is 32.2. The Kier molecular flexibility index (Phi) is 5.93. The van der Waals surface area contributed by atoms with Gasteiger partial charge in [-0.2, -0.15) is 5.26 Å². The van der Waals surface area contributed by atoms with Crippen molar-refractivity contribution >= 4 is 38.5 Å². The second-order valence-corrected chi connectivity index (χ2v) is 10.1. The molecule has 1 aromatic heterocycles. The van der Waals surface area contributed by atoms with E-state index in [1.807, 2.05) is 30.3 Å². The predicted molar refractivity (Wildman–Crippen MR) is 127 cm³/mol.